The smallest absolute Gasteiger partial charge is 0.577 e. The van der Waals surface area contributed by atoms with Crippen LogP contribution >= 0.6 is 0 Å². The molecule has 0 saturated carbocycles. The van der Waals surface area contributed by atoms with Gasteiger partial charge in [0.1, 0.15) is 0 Å². The first-order valence-electron chi connectivity index (χ1n) is 11.8. The fourth-order valence-electron chi connectivity index (χ4n) is 3.22. The lowest BCUT2D eigenvalue weighted by Crippen LogP contribution is -2.38. The van der Waals surface area contributed by atoms with Crippen LogP contribution in [-0.4, -0.2) is 52.9 Å². The molecule has 3 rings (SSSR count). The van der Waals surface area contributed by atoms with E-state index in [0.29, 0.717) is 0 Å². The minimum Gasteiger partial charge on any atom is -0.577 e. The van der Waals surface area contributed by atoms with Crippen LogP contribution in [0.4, 0.5) is 0 Å². The van der Waals surface area contributed by atoms with Gasteiger partial charge in [-0.3, -0.25) is 0 Å². The van der Waals surface area contributed by atoms with Crippen LogP contribution in [0.5, 0.6) is 17.2 Å². The van der Waals surface area contributed by atoms with E-state index >= 15 is 0 Å². The van der Waals surface area contributed by atoms with Gasteiger partial charge in [-0.1, -0.05) is 36.4 Å². The van der Waals surface area contributed by atoms with E-state index < -0.39 is 33.1 Å². The zero-order valence-electron chi connectivity index (χ0n) is 20.8. The molecule has 3 aromatic rings. The highest BCUT2D eigenvalue weighted by Gasteiger charge is 2.46. The molecule has 9 nitrogen and oxygen atoms in total. The molecular weight excluding hydrogens is 495 g/mol. The molecule has 0 aliphatic rings. The van der Waals surface area contributed by atoms with Gasteiger partial charge < -0.3 is 25.6 Å². The monoisotopic (exact) mass is 522 g/mol. The predicted octanol–water partition coefficient (Wildman–Crippen LogP) is 4.74. The Hall–Kier alpha value is -4.00. The van der Waals surface area contributed by atoms with Crippen molar-refractivity contribution in [3.63, 3.8) is 0 Å². The Balaban J connectivity index is 2.01. The third-order valence-corrected chi connectivity index (χ3v) is 6.16. The number of rotatable bonds is 12. The third-order valence-electron chi connectivity index (χ3n) is 4.82. The molecule has 10 heteroatoms. The van der Waals surface area contributed by atoms with Gasteiger partial charge in [-0.2, -0.15) is 0 Å². The second-order valence-electron chi connectivity index (χ2n) is 7.29. The summed E-state index contributed by atoms with van der Waals surface area (Å²) < 4.78 is 33.7. The second kappa shape index (κ2) is 13.9. The van der Waals surface area contributed by atoms with Gasteiger partial charge in [0.05, 0.1) is 53.8 Å². The van der Waals surface area contributed by atoms with Gasteiger partial charge >= 0.3 is 33.1 Å². The van der Waals surface area contributed by atoms with Crippen molar-refractivity contribution in [2.75, 3.05) is 19.8 Å². The van der Waals surface area contributed by atoms with Crippen molar-refractivity contribution in [1.29, 1.82) is 0 Å². The van der Waals surface area contributed by atoms with Crippen LogP contribution < -0.4 is 11.4 Å². The van der Waals surface area contributed by atoms with Crippen LogP contribution in [0.25, 0.3) is 0 Å². The van der Waals surface area contributed by atoms with Crippen LogP contribution in [-0.2, 0) is 14.2 Å². The first kappa shape index (κ1) is 27.6. The molecule has 0 aliphatic heterocycles. The number of esters is 3. The molecule has 0 bridgehead atoms. The normalized spacial score (nSPS) is 10.1. The molecule has 0 N–H and O–H groups in total. The van der Waals surface area contributed by atoms with Gasteiger partial charge in [-0.05, 0) is 57.2 Å². The quantitative estimate of drug-likeness (QED) is 0.189. The Morgan fingerprint density at radius 3 is 1.05 bits per heavy atom. The van der Waals surface area contributed by atoms with Gasteiger partial charge in [0.15, 0.2) is 0 Å². The van der Waals surface area contributed by atoms with E-state index in [-0.39, 0.29) is 53.8 Å². The summed E-state index contributed by atoms with van der Waals surface area (Å²) >= 11 is -3.30. The molecule has 0 aliphatic carbocycles. The van der Waals surface area contributed by atoms with E-state index in [1.165, 1.54) is 0 Å². The van der Waals surface area contributed by atoms with Gasteiger partial charge in [0, 0.05) is 0 Å². The van der Waals surface area contributed by atoms with Crippen molar-refractivity contribution < 1.29 is 40.0 Å². The first-order valence-corrected chi connectivity index (χ1v) is 13.2. The van der Waals surface area contributed by atoms with Crippen molar-refractivity contribution in [3.05, 3.63) is 89.5 Å². The molecule has 0 unspecified atom stereocenters. The lowest BCUT2D eigenvalue weighted by atomic mass is 10.2. The van der Waals surface area contributed by atoms with E-state index in [1.54, 1.807) is 93.6 Å². The van der Waals surface area contributed by atoms with Crippen LogP contribution in [0.2, 0.25) is 0 Å². The number of benzene rings is 3. The summed E-state index contributed by atoms with van der Waals surface area (Å²) in [6.07, 6.45) is 0. The molecule has 0 spiro atoms. The van der Waals surface area contributed by atoms with Crippen molar-refractivity contribution in [2.24, 2.45) is 0 Å². The fourth-order valence-corrected chi connectivity index (χ4v) is 4.61. The van der Waals surface area contributed by atoms with Gasteiger partial charge in [-0.25, -0.2) is 14.4 Å². The molecule has 0 aromatic heterocycles. The number of para-hydroxylation sites is 3. The minimum absolute atomic E-state index is 0.167. The molecule has 0 radical (unpaired) electrons. The van der Waals surface area contributed by atoms with Crippen LogP contribution in [0.1, 0.15) is 51.8 Å². The maximum absolute atomic E-state index is 12.5. The van der Waals surface area contributed by atoms with E-state index in [9.17, 15) is 14.4 Å². The zero-order chi connectivity index (χ0) is 26.6. The number of hydrogen-bond donors (Lipinski definition) is 0. The van der Waals surface area contributed by atoms with Crippen LogP contribution in [0.3, 0.4) is 0 Å². The van der Waals surface area contributed by atoms with E-state index in [2.05, 4.69) is 0 Å². The van der Waals surface area contributed by atoms with E-state index in [4.69, 9.17) is 25.6 Å². The Labute approximate surface area is 220 Å². The highest BCUT2D eigenvalue weighted by Crippen LogP contribution is 2.26. The van der Waals surface area contributed by atoms with Crippen molar-refractivity contribution in [2.45, 2.75) is 20.8 Å². The Kier molecular flexibility index (Phi) is 10.4. The summed E-state index contributed by atoms with van der Waals surface area (Å²) in [4.78, 5) is 37.5. The van der Waals surface area contributed by atoms with E-state index in [1.807, 2.05) is 0 Å². The maximum Gasteiger partial charge on any atom is 1.20 e. The van der Waals surface area contributed by atoms with Gasteiger partial charge in [0.2, 0.25) is 0 Å². The molecule has 0 fully saturated rings. The average Bonchev–Trinajstić information content (AvgIpc) is 2.90. The summed E-state index contributed by atoms with van der Waals surface area (Å²) in [5, 5.41) is 0. The molecule has 192 valence electrons. The largest absolute Gasteiger partial charge is 1.20 e. The first-order chi connectivity index (χ1) is 18.0. The summed E-state index contributed by atoms with van der Waals surface area (Å²) in [5.41, 5.74) is 0.518. The predicted molar refractivity (Wildman–Crippen MR) is 135 cm³/mol. The SMILES string of the molecule is CCOC(=O)c1ccccc1[O][Al]([O]c1ccccc1C(=O)OCC)[O]c1ccccc1C(=O)OCC. The molecule has 0 heterocycles. The Bertz CT molecular complexity index is 1080. The lowest BCUT2D eigenvalue weighted by Gasteiger charge is -2.20. The standard InChI is InChI=1S/3C9H10O3.Al/c3*1-2-12-9(11)7-5-3-4-6-8(7)10;/h3*3-6,10H,2H2,1H3;/q;;;+3/p-3. The summed E-state index contributed by atoms with van der Waals surface area (Å²) in [6.45, 7) is 5.64. The lowest BCUT2D eigenvalue weighted by molar-refractivity contribution is 0.0515. The van der Waals surface area contributed by atoms with Gasteiger partial charge in [0.25, 0.3) is 0 Å². The highest BCUT2D eigenvalue weighted by molar-refractivity contribution is 6.40. The Morgan fingerprint density at radius 1 is 0.514 bits per heavy atom. The number of carbonyl (C=O) groups excluding carboxylic acids is 3. The molecule has 0 amide bonds. The maximum atomic E-state index is 12.5. The van der Waals surface area contributed by atoms with Crippen molar-refractivity contribution in [1.82, 2.24) is 0 Å². The summed E-state index contributed by atoms with van der Waals surface area (Å²) in [7, 11) is 0. The van der Waals surface area contributed by atoms with Crippen molar-refractivity contribution >= 4 is 33.1 Å². The molecule has 0 atom stereocenters. The molecular formula is C27H27AlO9. The summed E-state index contributed by atoms with van der Waals surface area (Å²) in [5.74, 6) is -1.24. The number of carbonyl (C=O) groups is 3. The van der Waals surface area contributed by atoms with Gasteiger partial charge in [-0.15, -0.1) is 0 Å². The number of hydrogen-bond acceptors (Lipinski definition) is 9. The molecule has 37 heavy (non-hydrogen) atoms. The van der Waals surface area contributed by atoms with Crippen molar-refractivity contribution in [3.8, 4) is 17.2 Å². The molecule has 0 saturated heterocycles. The topological polar surface area (TPSA) is 107 Å². The number of ether oxygens (including phenoxy) is 3. The molecule has 3 aromatic carbocycles. The minimum atomic E-state index is -3.30. The average molecular weight is 522 g/mol. The summed E-state index contributed by atoms with van der Waals surface area (Å²) in [6, 6.07) is 19.5. The van der Waals surface area contributed by atoms with Crippen LogP contribution in [0.15, 0.2) is 72.8 Å². The highest BCUT2D eigenvalue weighted by atomic mass is 27.3. The Morgan fingerprint density at radius 2 is 0.784 bits per heavy atom. The van der Waals surface area contributed by atoms with Crippen LogP contribution in [0, 0.1) is 0 Å². The van der Waals surface area contributed by atoms with E-state index in [0.717, 1.165) is 0 Å². The fraction of sp³-hybridized carbons (Fsp3) is 0.222. The third kappa shape index (κ3) is 7.49. The second-order valence-corrected chi connectivity index (χ2v) is 8.58. The zero-order valence-corrected chi connectivity index (χ0v) is 22.0.